The Kier molecular flexibility index (Phi) is 5.03. The summed E-state index contributed by atoms with van der Waals surface area (Å²) in [4.78, 5) is 26.6. The van der Waals surface area contributed by atoms with Gasteiger partial charge in [0.15, 0.2) is 9.84 Å². The molecule has 2 atom stereocenters. The molecule has 2 amide bonds. The second-order valence-electron chi connectivity index (χ2n) is 5.85. The Morgan fingerprint density at radius 2 is 2.32 bits per heavy atom. The third-order valence-corrected chi connectivity index (χ3v) is 7.08. The molecule has 2 saturated heterocycles. The zero-order valence-corrected chi connectivity index (χ0v) is 15.7. The fraction of sp³-hybridized carbons (Fsp3) is 0.400. The molecule has 1 aromatic heterocycles. The SMILES string of the molecule is C[C@H](C(=O)N[C@@H]1CCS(=O)(=O)C1)N1C(=O)/C(=C/c2ccco2)SC1=S. The number of thiocarbonyl (C=S) groups is 1. The number of sulfone groups is 1. The predicted molar refractivity (Wildman–Crippen MR) is 98.4 cm³/mol. The number of rotatable bonds is 4. The van der Waals surface area contributed by atoms with Gasteiger partial charge in [0.1, 0.15) is 16.1 Å². The van der Waals surface area contributed by atoms with E-state index in [0.29, 0.717) is 17.1 Å². The van der Waals surface area contributed by atoms with E-state index < -0.39 is 27.8 Å². The quantitative estimate of drug-likeness (QED) is 0.599. The minimum Gasteiger partial charge on any atom is -0.465 e. The zero-order valence-electron chi connectivity index (χ0n) is 13.3. The van der Waals surface area contributed by atoms with E-state index in [1.807, 2.05) is 0 Å². The summed E-state index contributed by atoms with van der Waals surface area (Å²) in [6, 6.07) is 2.18. The van der Waals surface area contributed by atoms with Crippen LogP contribution < -0.4 is 5.32 Å². The lowest BCUT2D eigenvalue weighted by Gasteiger charge is -2.23. The number of nitrogens with zero attached hydrogens (tertiary/aromatic N) is 1. The second kappa shape index (κ2) is 6.93. The summed E-state index contributed by atoms with van der Waals surface area (Å²) in [6.45, 7) is 1.57. The van der Waals surface area contributed by atoms with Crippen LogP contribution >= 0.6 is 24.0 Å². The molecule has 3 heterocycles. The number of nitrogens with one attached hydrogen (secondary N) is 1. The molecule has 0 aliphatic carbocycles. The van der Waals surface area contributed by atoms with Gasteiger partial charge in [0.05, 0.1) is 22.7 Å². The van der Waals surface area contributed by atoms with Crippen LogP contribution in [0.2, 0.25) is 0 Å². The van der Waals surface area contributed by atoms with Crippen LogP contribution in [0.15, 0.2) is 27.7 Å². The van der Waals surface area contributed by atoms with Gasteiger partial charge >= 0.3 is 0 Å². The molecule has 0 spiro atoms. The Bertz CT molecular complexity index is 845. The molecule has 7 nitrogen and oxygen atoms in total. The van der Waals surface area contributed by atoms with Crippen molar-refractivity contribution in [1.82, 2.24) is 10.2 Å². The van der Waals surface area contributed by atoms with E-state index in [-0.39, 0.29) is 21.7 Å². The highest BCUT2D eigenvalue weighted by Gasteiger charge is 2.39. The normalized spacial score (nSPS) is 25.6. The van der Waals surface area contributed by atoms with E-state index in [2.05, 4.69) is 5.32 Å². The average molecular weight is 401 g/mol. The number of furan rings is 1. The topological polar surface area (TPSA) is 96.7 Å². The van der Waals surface area contributed by atoms with Crippen LogP contribution in [0, 0.1) is 0 Å². The van der Waals surface area contributed by atoms with Gasteiger partial charge < -0.3 is 9.73 Å². The molecule has 2 aliphatic rings. The first-order valence-corrected chi connectivity index (χ1v) is 10.6. The Morgan fingerprint density at radius 1 is 1.56 bits per heavy atom. The lowest BCUT2D eigenvalue weighted by molar-refractivity contribution is -0.132. The van der Waals surface area contributed by atoms with Gasteiger partial charge in [-0.1, -0.05) is 24.0 Å². The lowest BCUT2D eigenvalue weighted by atomic mass is 10.2. The largest absolute Gasteiger partial charge is 0.465 e. The maximum atomic E-state index is 12.6. The van der Waals surface area contributed by atoms with Gasteiger partial charge in [-0.15, -0.1) is 0 Å². The molecular weight excluding hydrogens is 384 g/mol. The molecule has 134 valence electrons. The molecule has 0 bridgehead atoms. The molecule has 1 N–H and O–H groups in total. The van der Waals surface area contributed by atoms with Crippen LogP contribution in [-0.4, -0.2) is 53.0 Å². The first kappa shape index (κ1) is 18.2. The molecule has 0 unspecified atom stereocenters. The van der Waals surface area contributed by atoms with Crippen molar-refractivity contribution in [2.75, 3.05) is 11.5 Å². The summed E-state index contributed by atoms with van der Waals surface area (Å²) < 4.78 is 28.5. The fourth-order valence-electron chi connectivity index (χ4n) is 2.66. The standard InChI is InChI=1S/C15H16N2O5S3/c1-9(13(18)16-10-4-6-25(20,21)8-10)17-14(19)12(24-15(17)23)7-11-3-2-5-22-11/h2-3,5,7,9-10H,4,6,8H2,1H3,(H,16,18)/b12-7-/t9-,10-/m1/s1. The molecule has 25 heavy (non-hydrogen) atoms. The summed E-state index contributed by atoms with van der Waals surface area (Å²) in [5.74, 6) is -0.263. The average Bonchev–Trinajstić information content (AvgIpc) is 3.21. The molecule has 3 rings (SSSR count). The highest BCUT2D eigenvalue weighted by Crippen LogP contribution is 2.34. The van der Waals surface area contributed by atoms with Crippen molar-refractivity contribution < 1.29 is 22.4 Å². The molecular formula is C15H16N2O5S3. The maximum absolute atomic E-state index is 12.6. The second-order valence-corrected chi connectivity index (χ2v) is 9.76. The number of carbonyl (C=O) groups is 2. The zero-order chi connectivity index (χ0) is 18.2. The minimum atomic E-state index is -3.09. The van der Waals surface area contributed by atoms with E-state index >= 15 is 0 Å². The molecule has 0 saturated carbocycles. The van der Waals surface area contributed by atoms with E-state index in [0.717, 1.165) is 11.8 Å². The van der Waals surface area contributed by atoms with Crippen LogP contribution in [0.25, 0.3) is 6.08 Å². The van der Waals surface area contributed by atoms with Gasteiger partial charge in [-0.05, 0) is 25.5 Å². The summed E-state index contributed by atoms with van der Waals surface area (Å²) in [6.07, 6.45) is 3.46. The highest BCUT2D eigenvalue weighted by molar-refractivity contribution is 8.26. The Labute approximate surface area is 154 Å². The van der Waals surface area contributed by atoms with Crippen molar-refractivity contribution in [3.8, 4) is 0 Å². The minimum absolute atomic E-state index is 0.0672. The summed E-state index contributed by atoms with van der Waals surface area (Å²) in [5.41, 5.74) is 0. The van der Waals surface area contributed by atoms with E-state index in [9.17, 15) is 18.0 Å². The van der Waals surface area contributed by atoms with Gasteiger partial charge in [-0.25, -0.2) is 8.42 Å². The van der Waals surface area contributed by atoms with Crippen LogP contribution in [-0.2, 0) is 19.4 Å². The molecule has 0 aromatic carbocycles. The van der Waals surface area contributed by atoms with E-state index in [1.165, 1.54) is 11.2 Å². The third kappa shape index (κ3) is 3.96. The number of hydrogen-bond acceptors (Lipinski definition) is 7. The first-order valence-electron chi connectivity index (χ1n) is 7.58. The molecule has 10 heteroatoms. The number of hydrogen-bond donors (Lipinski definition) is 1. The third-order valence-electron chi connectivity index (χ3n) is 3.99. The summed E-state index contributed by atoms with van der Waals surface area (Å²) >= 11 is 6.33. The van der Waals surface area contributed by atoms with Crippen molar-refractivity contribution in [1.29, 1.82) is 0 Å². The van der Waals surface area contributed by atoms with E-state index in [1.54, 1.807) is 25.1 Å². The molecule has 0 radical (unpaired) electrons. The van der Waals surface area contributed by atoms with Crippen molar-refractivity contribution in [3.05, 3.63) is 29.1 Å². The van der Waals surface area contributed by atoms with Gasteiger partial charge in [-0.3, -0.25) is 14.5 Å². The van der Waals surface area contributed by atoms with Crippen LogP contribution in [0.1, 0.15) is 19.1 Å². The smallest absolute Gasteiger partial charge is 0.267 e. The van der Waals surface area contributed by atoms with Crippen LogP contribution in [0.3, 0.4) is 0 Å². The first-order chi connectivity index (χ1) is 11.8. The van der Waals surface area contributed by atoms with E-state index in [4.69, 9.17) is 16.6 Å². The lowest BCUT2D eigenvalue weighted by Crippen LogP contribution is -2.50. The predicted octanol–water partition coefficient (Wildman–Crippen LogP) is 1.17. The van der Waals surface area contributed by atoms with Gasteiger partial charge in [-0.2, -0.15) is 0 Å². The molecule has 2 aliphatic heterocycles. The van der Waals surface area contributed by atoms with Crippen molar-refractivity contribution in [3.63, 3.8) is 0 Å². The number of thioether (sulfide) groups is 1. The van der Waals surface area contributed by atoms with Crippen molar-refractivity contribution >= 4 is 56.0 Å². The number of carbonyl (C=O) groups excluding carboxylic acids is 2. The van der Waals surface area contributed by atoms with Crippen LogP contribution in [0.5, 0.6) is 0 Å². The van der Waals surface area contributed by atoms with Gasteiger partial charge in [0.2, 0.25) is 5.91 Å². The van der Waals surface area contributed by atoms with Crippen molar-refractivity contribution in [2.24, 2.45) is 0 Å². The Balaban J connectivity index is 1.69. The molecule has 1 aromatic rings. The van der Waals surface area contributed by atoms with Crippen LogP contribution in [0.4, 0.5) is 0 Å². The van der Waals surface area contributed by atoms with Crippen molar-refractivity contribution in [2.45, 2.75) is 25.4 Å². The monoisotopic (exact) mass is 400 g/mol. The Morgan fingerprint density at radius 3 is 2.92 bits per heavy atom. The van der Waals surface area contributed by atoms with Gasteiger partial charge in [0.25, 0.3) is 5.91 Å². The maximum Gasteiger partial charge on any atom is 0.267 e. The summed E-state index contributed by atoms with van der Waals surface area (Å²) in [5, 5.41) is 2.69. The Hall–Kier alpha value is -1.65. The number of amides is 2. The summed E-state index contributed by atoms with van der Waals surface area (Å²) in [7, 11) is -3.09. The fourth-order valence-corrected chi connectivity index (χ4v) is 5.74. The van der Waals surface area contributed by atoms with Gasteiger partial charge in [0, 0.05) is 12.1 Å². The molecule has 2 fully saturated rings. The highest BCUT2D eigenvalue weighted by atomic mass is 32.2.